The molecule has 0 bridgehead atoms. The summed E-state index contributed by atoms with van der Waals surface area (Å²) in [5.74, 6) is 1.98. The molecule has 0 saturated carbocycles. The highest BCUT2D eigenvalue weighted by Crippen LogP contribution is 2.34. The van der Waals surface area contributed by atoms with E-state index in [0.29, 0.717) is 0 Å². The van der Waals surface area contributed by atoms with Crippen molar-refractivity contribution in [3.63, 3.8) is 0 Å². The molecule has 2 heterocycles. The predicted molar refractivity (Wildman–Crippen MR) is 166 cm³/mol. The number of fused-ring (bicyclic) bond motifs is 2. The van der Waals surface area contributed by atoms with Gasteiger partial charge in [0, 0.05) is 32.5 Å². The molecule has 0 aromatic heterocycles. The van der Waals surface area contributed by atoms with Crippen LogP contribution in [0.3, 0.4) is 0 Å². The van der Waals surface area contributed by atoms with Crippen molar-refractivity contribution in [3.8, 4) is 0 Å². The van der Waals surface area contributed by atoms with Crippen LogP contribution in [0.4, 0.5) is 11.4 Å². The van der Waals surface area contributed by atoms with Crippen LogP contribution in [0.5, 0.6) is 0 Å². The van der Waals surface area contributed by atoms with Gasteiger partial charge in [0.05, 0.1) is 11.1 Å². The third kappa shape index (κ3) is 5.52. The second kappa shape index (κ2) is 11.3. The average molecular weight is 537 g/mol. The van der Waals surface area contributed by atoms with Gasteiger partial charge in [-0.3, -0.25) is 0 Å². The minimum atomic E-state index is 0.988. The molecule has 192 valence electrons. The van der Waals surface area contributed by atoms with Crippen LogP contribution in [-0.4, -0.2) is 33.3 Å². The summed E-state index contributed by atoms with van der Waals surface area (Å²) >= 11 is 3.86. The third-order valence-electron chi connectivity index (χ3n) is 7.16. The Kier molecular flexibility index (Phi) is 7.92. The van der Waals surface area contributed by atoms with Crippen LogP contribution >= 0.6 is 23.5 Å². The van der Waals surface area contributed by atoms with Gasteiger partial charge in [-0.2, -0.15) is 9.15 Å². The Labute approximate surface area is 236 Å². The van der Waals surface area contributed by atoms with Crippen molar-refractivity contribution in [1.82, 2.24) is 0 Å². The van der Waals surface area contributed by atoms with Gasteiger partial charge >= 0.3 is 0 Å². The zero-order valence-electron chi connectivity index (χ0n) is 23.2. The Morgan fingerprint density at radius 2 is 1.03 bits per heavy atom. The van der Waals surface area contributed by atoms with E-state index in [1.165, 1.54) is 65.7 Å². The summed E-state index contributed by atoms with van der Waals surface area (Å²) in [5.41, 5.74) is 13.4. The first kappa shape index (κ1) is 26.5. The second-order valence-corrected chi connectivity index (χ2v) is 12.2. The minimum absolute atomic E-state index is 0.988. The van der Waals surface area contributed by atoms with Gasteiger partial charge in [0.1, 0.15) is 0 Å². The number of hydrogen-bond acceptors (Lipinski definition) is 2. The zero-order chi connectivity index (χ0) is 26.8. The van der Waals surface area contributed by atoms with E-state index < -0.39 is 0 Å². The molecule has 0 radical (unpaired) electrons. The summed E-state index contributed by atoms with van der Waals surface area (Å²) in [7, 11) is 0. The van der Waals surface area contributed by atoms with Gasteiger partial charge in [0.2, 0.25) is 11.4 Å². The lowest BCUT2D eigenvalue weighted by molar-refractivity contribution is -0.412. The normalized spacial score (nSPS) is 13.9. The summed E-state index contributed by atoms with van der Waals surface area (Å²) in [6.45, 7) is 13.1. The molecule has 0 spiro atoms. The lowest BCUT2D eigenvalue weighted by Crippen LogP contribution is -2.15. The molecule has 0 fully saturated rings. The number of para-hydroxylation sites is 1. The molecule has 4 aromatic carbocycles. The second-order valence-electron chi connectivity index (χ2n) is 10.3. The van der Waals surface area contributed by atoms with E-state index in [-0.39, 0.29) is 0 Å². The standard InChI is InChI=1S/2C17H18NS/c1-12-6-4-7-13(2)16(12)18-10-15-9-5-8-14(3)17(15)19-11-18;1-12-7-8-16(14(3)9-12)18-10-15-6-4-5-13(2)17(15)19-11-18/h2*4-10H,11H2,1-3H3/q2*+1. The largest absolute Gasteiger partial charge is 0.211 e. The first-order valence-corrected chi connectivity index (χ1v) is 15.1. The third-order valence-corrected chi connectivity index (χ3v) is 9.67. The number of thioether (sulfide) groups is 2. The van der Waals surface area contributed by atoms with E-state index >= 15 is 0 Å². The van der Waals surface area contributed by atoms with Crippen LogP contribution in [0.1, 0.15) is 44.5 Å². The molecular formula is C34H36N2S2+2. The Hall–Kier alpha value is -3.08. The maximum Gasteiger partial charge on any atom is 0.211 e. The van der Waals surface area contributed by atoms with Crippen LogP contribution in [0.15, 0.2) is 82.6 Å². The molecule has 4 heteroatoms. The van der Waals surface area contributed by atoms with Crippen molar-refractivity contribution in [3.05, 3.63) is 117 Å². The molecule has 2 nitrogen and oxygen atoms in total. The van der Waals surface area contributed by atoms with E-state index in [0.717, 1.165) is 11.8 Å². The lowest BCUT2D eigenvalue weighted by Gasteiger charge is -2.15. The lowest BCUT2D eigenvalue weighted by atomic mass is 10.1. The maximum atomic E-state index is 2.37. The molecule has 0 saturated heterocycles. The highest BCUT2D eigenvalue weighted by molar-refractivity contribution is 7.99. The molecule has 0 unspecified atom stereocenters. The fraction of sp³-hybridized carbons (Fsp3) is 0.235. The van der Waals surface area contributed by atoms with Crippen LogP contribution in [-0.2, 0) is 0 Å². The van der Waals surface area contributed by atoms with Crippen molar-refractivity contribution in [2.45, 2.75) is 51.3 Å². The van der Waals surface area contributed by atoms with Crippen molar-refractivity contribution in [1.29, 1.82) is 0 Å². The van der Waals surface area contributed by atoms with E-state index in [4.69, 9.17) is 0 Å². The van der Waals surface area contributed by atoms with Crippen molar-refractivity contribution < 1.29 is 9.15 Å². The van der Waals surface area contributed by atoms with Crippen LogP contribution in [0, 0.1) is 41.5 Å². The van der Waals surface area contributed by atoms with Crippen LogP contribution in [0.25, 0.3) is 0 Å². The highest BCUT2D eigenvalue weighted by Gasteiger charge is 2.23. The van der Waals surface area contributed by atoms with E-state index in [1.54, 1.807) is 0 Å². The van der Waals surface area contributed by atoms with Gasteiger partial charge in [0.25, 0.3) is 0 Å². The molecule has 2 aliphatic heterocycles. The van der Waals surface area contributed by atoms with Gasteiger partial charge in [-0.15, -0.1) is 0 Å². The summed E-state index contributed by atoms with van der Waals surface area (Å²) in [4.78, 5) is 2.84. The number of hydrogen-bond donors (Lipinski definition) is 0. The minimum Gasteiger partial charge on any atom is -0.188 e. The van der Waals surface area contributed by atoms with E-state index in [2.05, 4.69) is 136 Å². The van der Waals surface area contributed by atoms with Crippen LogP contribution < -0.4 is 0 Å². The number of nitrogens with zero attached hydrogens (tertiary/aromatic N) is 2. The number of rotatable bonds is 2. The molecule has 0 atom stereocenters. The van der Waals surface area contributed by atoms with Gasteiger partial charge in [-0.05, 0) is 70.9 Å². The average Bonchev–Trinajstić information content (AvgIpc) is 2.89. The number of benzene rings is 4. The molecule has 38 heavy (non-hydrogen) atoms. The molecule has 0 N–H and O–H groups in total. The summed E-state index contributed by atoms with van der Waals surface area (Å²) in [6.07, 6.45) is 4.56. The molecular weight excluding hydrogens is 501 g/mol. The molecule has 4 aromatic rings. The summed E-state index contributed by atoms with van der Waals surface area (Å²) in [6, 6.07) is 26.2. The Morgan fingerprint density at radius 3 is 1.61 bits per heavy atom. The fourth-order valence-electron chi connectivity index (χ4n) is 5.28. The fourth-order valence-corrected chi connectivity index (χ4v) is 7.40. The summed E-state index contributed by atoms with van der Waals surface area (Å²) < 4.78 is 4.72. The first-order chi connectivity index (χ1) is 18.3. The van der Waals surface area contributed by atoms with Crippen molar-refractivity contribution in [2.24, 2.45) is 0 Å². The number of aryl methyl sites for hydroxylation is 6. The van der Waals surface area contributed by atoms with E-state index in [9.17, 15) is 0 Å². The SMILES string of the molecule is Cc1ccc([N+]2=Cc3cccc(C)c3SC2)c(C)c1.Cc1cccc2c1SC[N+](c1c(C)cccc1C)=C2. The Bertz CT molecular complexity index is 1560. The van der Waals surface area contributed by atoms with Crippen molar-refractivity contribution >= 4 is 47.3 Å². The highest BCUT2D eigenvalue weighted by atomic mass is 32.2. The Morgan fingerprint density at radius 1 is 0.526 bits per heavy atom. The zero-order valence-corrected chi connectivity index (χ0v) is 24.8. The topological polar surface area (TPSA) is 6.02 Å². The molecule has 0 amide bonds. The van der Waals surface area contributed by atoms with Gasteiger partial charge < -0.3 is 0 Å². The first-order valence-electron chi connectivity index (χ1n) is 13.1. The maximum absolute atomic E-state index is 2.37. The molecule has 2 aliphatic rings. The van der Waals surface area contributed by atoms with Gasteiger partial charge in [0.15, 0.2) is 24.2 Å². The van der Waals surface area contributed by atoms with Crippen molar-refractivity contribution in [2.75, 3.05) is 11.8 Å². The van der Waals surface area contributed by atoms with E-state index in [1.807, 2.05) is 23.5 Å². The van der Waals surface area contributed by atoms with Gasteiger partial charge in [-0.1, -0.05) is 77.6 Å². The molecule has 6 rings (SSSR count). The monoisotopic (exact) mass is 536 g/mol. The van der Waals surface area contributed by atoms with Gasteiger partial charge in [-0.25, -0.2) is 0 Å². The summed E-state index contributed by atoms with van der Waals surface area (Å²) in [5, 5.41) is 0. The molecule has 0 aliphatic carbocycles. The smallest absolute Gasteiger partial charge is 0.188 e. The predicted octanol–water partition coefficient (Wildman–Crippen LogP) is 8.88. The quantitative estimate of drug-likeness (QED) is 0.236. The van der Waals surface area contributed by atoms with Crippen LogP contribution in [0.2, 0.25) is 0 Å². The Balaban J connectivity index is 0.000000155.